The third-order valence-electron chi connectivity index (χ3n) is 2.90. The molecule has 7 nitrogen and oxygen atoms in total. The Morgan fingerprint density at radius 3 is 2.70 bits per heavy atom. The number of nitrogens with zero attached hydrogens (tertiary/aromatic N) is 4. The molecule has 0 amide bonds. The van der Waals surface area contributed by atoms with Crippen molar-refractivity contribution < 1.29 is 0 Å². The maximum Gasteiger partial charge on any atom is 0.262 e. The fourth-order valence-corrected chi connectivity index (χ4v) is 1.94. The summed E-state index contributed by atoms with van der Waals surface area (Å²) in [6, 6.07) is 5.11. The normalized spacial score (nSPS) is 10.6. The molecule has 0 aromatic carbocycles. The average Bonchev–Trinajstić information content (AvgIpc) is 2.97. The first-order chi connectivity index (χ1) is 9.75. The molecular formula is C13H12N6O. The van der Waals surface area contributed by atoms with Crippen LogP contribution < -0.4 is 11.3 Å². The Kier molecular flexibility index (Phi) is 3.00. The van der Waals surface area contributed by atoms with Crippen molar-refractivity contribution in [2.45, 2.75) is 6.54 Å². The summed E-state index contributed by atoms with van der Waals surface area (Å²) in [6.45, 7) is 0.293. The predicted molar refractivity (Wildman–Crippen MR) is 73.8 cm³/mol. The van der Waals surface area contributed by atoms with E-state index < -0.39 is 0 Å². The van der Waals surface area contributed by atoms with Crippen LogP contribution in [0.1, 0.15) is 5.82 Å². The summed E-state index contributed by atoms with van der Waals surface area (Å²) in [4.78, 5) is 20.7. The topological polar surface area (TPSA) is 102 Å². The second kappa shape index (κ2) is 4.96. The van der Waals surface area contributed by atoms with Crippen molar-refractivity contribution in [2.75, 3.05) is 5.73 Å². The van der Waals surface area contributed by atoms with Crippen LogP contribution in [0.25, 0.3) is 11.3 Å². The molecule has 0 bridgehead atoms. The van der Waals surface area contributed by atoms with Gasteiger partial charge in [-0.25, -0.2) is 9.97 Å². The molecule has 7 heteroatoms. The molecule has 100 valence electrons. The number of rotatable bonds is 3. The highest BCUT2D eigenvalue weighted by molar-refractivity contribution is 5.72. The molecule has 0 radical (unpaired) electrons. The zero-order valence-corrected chi connectivity index (χ0v) is 10.5. The van der Waals surface area contributed by atoms with Gasteiger partial charge in [-0.1, -0.05) is 0 Å². The Morgan fingerprint density at radius 1 is 1.20 bits per heavy atom. The number of nitrogen functional groups attached to an aromatic ring is 1. The summed E-state index contributed by atoms with van der Waals surface area (Å²) in [5.41, 5.74) is 7.08. The third-order valence-corrected chi connectivity index (χ3v) is 2.90. The van der Waals surface area contributed by atoms with E-state index >= 15 is 0 Å². The molecule has 20 heavy (non-hydrogen) atoms. The summed E-state index contributed by atoms with van der Waals surface area (Å²) in [5.74, 6) is 0.565. The zero-order valence-electron chi connectivity index (χ0n) is 10.5. The molecule has 0 saturated heterocycles. The first kappa shape index (κ1) is 12.1. The number of H-pyrrole nitrogens is 1. The standard InChI is InChI=1S/C13H12N6O/c14-9-3-7-19(8-11-15-4-1-5-16-11)13(20)12(9)10-2-6-17-18-10/h1-7H,8,14H2,(H,17,18). The van der Waals surface area contributed by atoms with Crippen molar-refractivity contribution in [3.05, 3.63) is 59.2 Å². The average molecular weight is 268 g/mol. The van der Waals surface area contributed by atoms with Crippen LogP contribution in [0.2, 0.25) is 0 Å². The highest BCUT2D eigenvalue weighted by Gasteiger charge is 2.12. The monoisotopic (exact) mass is 268 g/mol. The van der Waals surface area contributed by atoms with Gasteiger partial charge in [0.05, 0.1) is 17.8 Å². The van der Waals surface area contributed by atoms with Crippen LogP contribution in [0.5, 0.6) is 0 Å². The minimum Gasteiger partial charge on any atom is -0.398 e. The van der Waals surface area contributed by atoms with E-state index in [0.29, 0.717) is 29.3 Å². The number of hydrogen-bond donors (Lipinski definition) is 2. The maximum atomic E-state index is 12.5. The molecule has 3 rings (SSSR count). The van der Waals surface area contributed by atoms with Crippen molar-refractivity contribution >= 4 is 5.69 Å². The second-order valence-corrected chi connectivity index (χ2v) is 4.21. The molecule has 0 aliphatic rings. The van der Waals surface area contributed by atoms with E-state index in [4.69, 9.17) is 5.73 Å². The molecule has 0 atom stereocenters. The lowest BCUT2D eigenvalue weighted by molar-refractivity contribution is 0.716. The van der Waals surface area contributed by atoms with Crippen LogP contribution in [-0.4, -0.2) is 24.7 Å². The summed E-state index contributed by atoms with van der Waals surface area (Å²) < 4.78 is 1.52. The van der Waals surface area contributed by atoms with E-state index in [1.54, 1.807) is 43.0 Å². The van der Waals surface area contributed by atoms with Crippen LogP contribution in [-0.2, 0) is 6.54 Å². The quantitative estimate of drug-likeness (QED) is 0.726. The number of anilines is 1. The smallest absolute Gasteiger partial charge is 0.262 e. The minimum absolute atomic E-state index is 0.207. The molecule has 0 saturated carbocycles. The van der Waals surface area contributed by atoms with Gasteiger partial charge in [-0.05, 0) is 18.2 Å². The molecule has 0 aliphatic heterocycles. The van der Waals surface area contributed by atoms with E-state index in [2.05, 4.69) is 20.2 Å². The first-order valence-corrected chi connectivity index (χ1v) is 6.00. The number of nitrogens with two attached hydrogens (primary N) is 1. The van der Waals surface area contributed by atoms with Crippen LogP contribution >= 0.6 is 0 Å². The van der Waals surface area contributed by atoms with Gasteiger partial charge in [-0.3, -0.25) is 9.89 Å². The number of aromatic nitrogens is 5. The molecule has 3 N–H and O–H groups in total. The highest BCUT2D eigenvalue weighted by Crippen LogP contribution is 2.18. The molecule has 3 aromatic heterocycles. The van der Waals surface area contributed by atoms with Crippen LogP contribution in [0.3, 0.4) is 0 Å². The number of aromatic amines is 1. The molecule has 0 aliphatic carbocycles. The van der Waals surface area contributed by atoms with Crippen molar-refractivity contribution in [1.29, 1.82) is 0 Å². The van der Waals surface area contributed by atoms with E-state index in [1.165, 1.54) is 4.57 Å². The van der Waals surface area contributed by atoms with Gasteiger partial charge < -0.3 is 10.3 Å². The Bertz CT molecular complexity index is 763. The Morgan fingerprint density at radius 2 is 2.00 bits per heavy atom. The Hall–Kier alpha value is -2.96. The zero-order chi connectivity index (χ0) is 13.9. The van der Waals surface area contributed by atoms with Crippen LogP contribution in [0.15, 0.2) is 47.8 Å². The maximum absolute atomic E-state index is 12.5. The van der Waals surface area contributed by atoms with Gasteiger partial charge >= 0.3 is 0 Å². The van der Waals surface area contributed by atoms with Crippen molar-refractivity contribution in [2.24, 2.45) is 0 Å². The lowest BCUT2D eigenvalue weighted by Gasteiger charge is -2.08. The van der Waals surface area contributed by atoms with Gasteiger partial charge in [0, 0.05) is 30.5 Å². The third kappa shape index (κ3) is 2.16. The molecule has 0 spiro atoms. The molecular weight excluding hydrogens is 256 g/mol. The summed E-state index contributed by atoms with van der Waals surface area (Å²) in [7, 11) is 0. The fraction of sp³-hybridized carbons (Fsp3) is 0.0769. The van der Waals surface area contributed by atoms with E-state index in [1.807, 2.05) is 0 Å². The highest BCUT2D eigenvalue weighted by atomic mass is 16.1. The number of pyridine rings is 1. The first-order valence-electron chi connectivity index (χ1n) is 6.00. The van der Waals surface area contributed by atoms with Crippen molar-refractivity contribution in [3.8, 4) is 11.3 Å². The molecule has 3 heterocycles. The van der Waals surface area contributed by atoms with E-state index in [-0.39, 0.29) is 5.56 Å². The van der Waals surface area contributed by atoms with E-state index in [0.717, 1.165) is 0 Å². The summed E-state index contributed by atoms with van der Waals surface area (Å²) in [6.07, 6.45) is 6.49. The molecule has 0 fully saturated rings. The predicted octanol–water partition coefficient (Wildman–Crippen LogP) is 0.659. The van der Waals surface area contributed by atoms with Crippen LogP contribution in [0, 0.1) is 0 Å². The number of nitrogens with one attached hydrogen (secondary N) is 1. The molecule has 3 aromatic rings. The van der Waals surface area contributed by atoms with Gasteiger partial charge in [-0.15, -0.1) is 0 Å². The van der Waals surface area contributed by atoms with Crippen LogP contribution in [0.4, 0.5) is 5.69 Å². The van der Waals surface area contributed by atoms with Crippen molar-refractivity contribution in [1.82, 2.24) is 24.7 Å². The largest absolute Gasteiger partial charge is 0.398 e. The molecule has 0 unspecified atom stereocenters. The van der Waals surface area contributed by atoms with Gasteiger partial charge in [0.15, 0.2) is 0 Å². The fourth-order valence-electron chi connectivity index (χ4n) is 1.94. The van der Waals surface area contributed by atoms with Gasteiger partial charge in [0.2, 0.25) is 0 Å². The van der Waals surface area contributed by atoms with Gasteiger partial charge in [0.1, 0.15) is 5.82 Å². The summed E-state index contributed by atoms with van der Waals surface area (Å²) >= 11 is 0. The van der Waals surface area contributed by atoms with E-state index in [9.17, 15) is 4.79 Å². The Labute approximate surface area is 114 Å². The minimum atomic E-state index is -0.207. The lowest BCUT2D eigenvalue weighted by atomic mass is 10.1. The summed E-state index contributed by atoms with van der Waals surface area (Å²) in [5, 5.41) is 6.59. The van der Waals surface area contributed by atoms with Crippen molar-refractivity contribution in [3.63, 3.8) is 0 Å². The lowest BCUT2D eigenvalue weighted by Crippen LogP contribution is -2.23. The van der Waals surface area contributed by atoms with Gasteiger partial charge in [-0.2, -0.15) is 5.10 Å². The Balaban J connectivity index is 2.06. The SMILES string of the molecule is Nc1ccn(Cc2ncccn2)c(=O)c1-c1ccn[nH]1. The van der Waals surface area contributed by atoms with Gasteiger partial charge in [0.25, 0.3) is 5.56 Å². The second-order valence-electron chi connectivity index (χ2n) is 4.21. The number of hydrogen-bond acceptors (Lipinski definition) is 5.